The molecule has 31 heavy (non-hydrogen) atoms. The second-order valence-corrected chi connectivity index (χ2v) is 10.2. The van der Waals surface area contributed by atoms with Crippen molar-refractivity contribution in [2.24, 2.45) is 0 Å². The Morgan fingerprint density at radius 2 is 1.90 bits per heavy atom. The normalized spacial score (nSPS) is 12.0. The molecule has 0 aliphatic heterocycles. The van der Waals surface area contributed by atoms with E-state index in [0.717, 1.165) is 26.1 Å². The highest BCUT2D eigenvalue weighted by Gasteiger charge is 2.24. The molecule has 8 nitrogen and oxygen atoms in total. The lowest BCUT2D eigenvalue weighted by atomic mass is 10.2. The molecule has 0 fully saturated rings. The third kappa shape index (κ3) is 3.54. The molecule has 156 valence electrons. The third-order valence-corrected chi connectivity index (χ3v) is 7.47. The van der Waals surface area contributed by atoms with Gasteiger partial charge in [0.05, 0.1) is 22.0 Å². The molecule has 0 amide bonds. The van der Waals surface area contributed by atoms with Crippen LogP contribution in [0.15, 0.2) is 59.8 Å². The van der Waals surface area contributed by atoms with Crippen molar-refractivity contribution in [1.29, 1.82) is 0 Å². The van der Waals surface area contributed by atoms with Gasteiger partial charge in [0.15, 0.2) is 5.65 Å². The van der Waals surface area contributed by atoms with Crippen LogP contribution in [-0.2, 0) is 10.0 Å². The van der Waals surface area contributed by atoms with Gasteiger partial charge in [-0.2, -0.15) is 15.1 Å². The van der Waals surface area contributed by atoms with Gasteiger partial charge in [-0.05, 0) is 71.4 Å². The molecule has 0 radical (unpaired) electrons. The maximum atomic E-state index is 13.3. The van der Waals surface area contributed by atoms with Crippen molar-refractivity contribution in [2.75, 3.05) is 5.32 Å². The topological polar surface area (TPSA) is 106 Å². The van der Waals surface area contributed by atoms with Crippen molar-refractivity contribution >= 4 is 77.7 Å². The Labute approximate surface area is 195 Å². The molecule has 3 aromatic heterocycles. The quantitative estimate of drug-likeness (QED) is 0.239. The van der Waals surface area contributed by atoms with Crippen LogP contribution in [0.5, 0.6) is 0 Å². The number of benzene rings is 2. The highest BCUT2D eigenvalue weighted by Crippen LogP contribution is 2.33. The summed E-state index contributed by atoms with van der Waals surface area (Å²) in [7, 11) is -3.87. The first kappa shape index (κ1) is 20.2. The lowest BCUT2D eigenvalue weighted by Gasteiger charge is -2.10. The van der Waals surface area contributed by atoms with E-state index in [2.05, 4.69) is 48.1 Å². The van der Waals surface area contributed by atoms with Gasteiger partial charge in [-0.3, -0.25) is 5.10 Å². The summed E-state index contributed by atoms with van der Waals surface area (Å²) in [5.74, 6) is 0.413. The summed E-state index contributed by atoms with van der Waals surface area (Å²) in [6, 6.07) is 12.3. The molecule has 0 spiro atoms. The zero-order chi connectivity index (χ0) is 21.8. The summed E-state index contributed by atoms with van der Waals surface area (Å²) >= 11 is 8.25. The van der Waals surface area contributed by atoms with Gasteiger partial charge in [0, 0.05) is 20.8 Å². The number of hydrogen-bond donors (Lipinski definition) is 2. The lowest BCUT2D eigenvalue weighted by molar-refractivity contribution is 0.588. The van der Waals surface area contributed by atoms with Crippen molar-refractivity contribution in [1.82, 2.24) is 24.1 Å². The number of anilines is 2. The Bertz CT molecular complexity index is 1560. The SMILES string of the molecule is Cc1ccc(S(=O)(=O)n2cc(I)c3c(Nc4ccc5cn[nH]c5c4)nc(Cl)nc32)cc1. The van der Waals surface area contributed by atoms with Crippen LogP contribution in [0, 0.1) is 10.5 Å². The van der Waals surface area contributed by atoms with E-state index in [4.69, 9.17) is 11.6 Å². The van der Waals surface area contributed by atoms with E-state index < -0.39 is 10.0 Å². The van der Waals surface area contributed by atoms with Gasteiger partial charge in [-0.25, -0.2) is 12.4 Å². The standard InChI is InChI=1S/C20H14ClIN6O2S/c1-11-2-6-14(7-3-11)31(29,30)28-10-15(22)17-18(25-20(21)26-19(17)28)24-13-5-4-12-9-23-27-16(12)8-13/h2-10H,1H3,(H,23,27)(H,24,25,26). The highest BCUT2D eigenvalue weighted by molar-refractivity contribution is 14.1. The first-order valence-corrected chi connectivity index (χ1v) is 12.0. The summed E-state index contributed by atoms with van der Waals surface area (Å²) in [6.07, 6.45) is 3.26. The van der Waals surface area contributed by atoms with Gasteiger partial charge < -0.3 is 5.32 Å². The second kappa shape index (κ2) is 7.46. The van der Waals surface area contributed by atoms with E-state index in [9.17, 15) is 8.42 Å². The molecule has 0 bridgehead atoms. The minimum absolute atomic E-state index is 0.0625. The summed E-state index contributed by atoms with van der Waals surface area (Å²) < 4.78 is 28.4. The average molecular weight is 565 g/mol. The van der Waals surface area contributed by atoms with E-state index in [1.54, 1.807) is 30.5 Å². The number of aromatic nitrogens is 5. The van der Waals surface area contributed by atoms with Gasteiger partial charge in [-0.1, -0.05) is 17.7 Å². The Morgan fingerprint density at radius 3 is 2.68 bits per heavy atom. The first-order chi connectivity index (χ1) is 14.8. The monoisotopic (exact) mass is 564 g/mol. The summed E-state index contributed by atoms with van der Waals surface area (Å²) in [6.45, 7) is 1.90. The molecule has 0 atom stereocenters. The predicted molar refractivity (Wildman–Crippen MR) is 128 cm³/mol. The van der Waals surface area contributed by atoms with Crippen molar-refractivity contribution in [3.8, 4) is 0 Å². The van der Waals surface area contributed by atoms with E-state index in [1.165, 1.54) is 6.20 Å². The molecule has 5 rings (SSSR count). The molecule has 0 aliphatic carbocycles. The van der Waals surface area contributed by atoms with Crippen LogP contribution < -0.4 is 5.32 Å². The molecular formula is C20H14ClIN6O2S. The fourth-order valence-corrected chi connectivity index (χ4v) is 5.72. The first-order valence-electron chi connectivity index (χ1n) is 9.09. The van der Waals surface area contributed by atoms with Gasteiger partial charge in [0.25, 0.3) is 10.0 Å². The van der Waals surface area contributed by atoms with Gasteiger partial charge in [-0.15, -0.1) is 0 Å². The van der Waals surface area contributed by atoms with Crippen LogP contribution in [0.3, 0.4) is 0 Å². The van der Waals surface area contributed by atoms with Gasteiger partial charge in [0.2, 0.25) is 5.28 Å². The van der Waals surface area contributed by atoms with Crippen LogP contribution in [0.2, 0.25) is 5.28 Å². The summed E-state index contributed by atoms with van der Waals surface area (Å²) in [5, 5.41) is 11.6. The largest absolute Gasteiger partial charge is 0.339 e. The zero-order valence-electron chi connectivity index (χ0n) is 16.0. The number of fused-ring (bicyclic) bond motifs is 2. The van der Waals surface area contributed by atoms with Crippen LogP contribution in [0.1, 0.15) is 5.56 Å². The van der Waals surface area contributed by atoms with E-state index >= 15 is 0 Å². The van der Waals surface area contributed by atoms with Crippen LogP contribution >= 0.6 is 34.2 Å². The molecule has 0 saturated carbocycles. The molecule has 0 unspecified atom stereocenters. The maximum Gasteiger partial charge on any atom is 0.269 e. The zero-order valence-corrected chi connectivity index (χ0v) is 19.7. The minimum Gasteiger partial charge on any atom is -0.339 e. The number of H-pyrrole nitrogens is 1. The smallest absolute Gasteiger partial charge is 0.269 e. The van der Waals surface area contributed by atoms with Crippen LogP contribution in [0.25, 0.3) is 21.9 Å². The number of aromatic amines is 1. The molecule has 5 aromatic rings. The van der Waals surface area contributed by atoms with Crippen molar-refractivity contribution in [3.63, 3.8) is 0 Å². The molecule has 0 aliphatic rings. The van der Waals surface area contributed by atoms with E-state index in [-0.39, 0.29) is 15.8 Å². The molecule has 3 heterocycles. The van der Waals surface area contributed by atoms with Crippen LogP contribution in [0.4, 0.5) is 11.5 Å². The number of aryl methyl sites for hydroxylation is 1. The molecular weight excluding hydrogens is 551 g/mol. The summed E-state index contributed by atoms with van der Waals surface area (Å²) in [5.41, 5.74) is 2.78. The molecule has 2 N–H and O–H groups in total. The Hall–Kier alpha value is -2.70. The molecule has 0 saturated heterocycles. The average Bonchev–Trinajstić information content (AvgIpc) is 3.32. The Morgan fingerprint density at radius 1 is 1.13 bits per heavy atom. The van der Waals surface area contributed by atoms with Gasteiger partial charge >= 0.3 is 0 Å². The second-order valence-electron chi connectivity index (χ2n) is 6.93. The van der Waals surface area contributed by atoms with E-state index in [0.29, 0.717) is 14.8 Å². The molecule has 11 heteroatoms. The minimum atomic E-state index is -3.87. The molecule has 2 aromatic carbocycles. The fraction of sp³-hybridized carbons (Fsp3) is 0.0500. The predicted octanol–water partition coefficient (Wildman–Crippen LogP) is 4.85. The maximum absolute atomic E-state index is 13.3. The number of halogens is 2. The van der Waals surface area contributed by atoms with Crippen molar-refractivity contribution < 1.29 is 8.42 Å². The number of rotatable bonds is 4. The number of hydrogen-bond acceptors (Lipinski definition) is 6. The third-order valence-electron chi connectivity index (χ3n) is 4.82. The summed E-state index contributed by atoms with van der Waals surface area (Å²) in [4.78, 5) is 8.70. The highest BCUT2D eigenvalue weighted by atomic mass is 127. The van der Waals surface area contributed by atoms with Crippen LogP contribution in [-0.4, -0.2) is 32.6 Å². The Kier molecular flexibility index (Phi) is 4.87. The van der Waals surface area contributed by atoms with Crippen molar-refractivity contribution in [3.05, 3.63) is 69.3 Å². The van der Waals surface area contributed by atoms with Crippen molar-refractivity contribution in [2.45, 2.75) is 11.8 Å². The van der Waals surface area contributed by atoms with Gasteiger partial charge in [0.1, 0.15) is 5.82 Å². The number of nitrogens with zero attached hydrogens (tertiary/aromatic N) is 4. The Balaban J connectivity index is 1.66. The van der Waals surface area contributed by atoms with E-state index in [1.807, 2.05) is 25.1 Å². The lowest BCUT2D eigenvalue weighted by Crippen LogP contribution is -2.13. The number of nitrogens with one attached hydrogen (secondary N) is 2. The fourth-order valence-electron chi connectivity index (χ4n) is 3.28.